The Morgan fingerprint density at radius 2 is 2.20 bits per heavy atom. The van der Waals surface area contributed by atoms with Gasteiger partial charge in [0.2, 0.25) is 0 Å². The normalized spacial score (nSPS) is 16.1. The standard InChI is InChI=1S/C13H20N4O3/c1-9-11(8-15-16-9)7-14-13(20)17-4-2-10(3-5-17)6-12(18)19/h8,10H,2-7H2,1H3,(H,14,20)(H,15,16)(H,18,19). The molecule has 0 spiro atoms. The molecule has 1 aromatic heterocycles. The van der Waals surface area contributed by atoms with E-state index in [0.29, 0.717) is 19.6 Å². The Kier molecular flexibility index (Phi) is 4.60. The summed E-state index contributed by atoms with van der Waals surface area (Å²) in [5.41, 5.74) is 1.92. The highest BCUT2D eigenvalue weighted by molar-refractivity contribution is 5.74. The van der Waals surface area contributed by atoms with E-state index < -0.39 is 5.97 Å². The number of rotatable bonds is 4. The van der Waals surface area contributed by atoms with Crippen LogP contribution in [0.25, 0.3) is 0 Å². The average molecular weight is 280 g/mol. The predicted molar refractivity (Wildman–Crippen MR) is 72.1 cm³/mol. The van der Waals surface area contributed by atoms with E-state index in [0.717, 1.165) is 24.1 Å². The van der Waals surface area contributed by atoms with Crippen LogP contribution in [0, 0.1) is 12.8 Å². The number of carbonyl (C=O) groups is 2. The lowest BCUT2D eigenvalue weighted by Gasteiger charge is -2.31. The van der Waals surface area contributed by atoms with Crippen LogP contribution < -0.4 is 5.32 Å². The van der Waals surface area contributed by atoms with Gasteiger partial charge >= 0.3 is 12.0 Å². The van der Waals surface area contributed by atoms with E-state index in [-0.39, 0.29) is 18.4 Å². The summed E-state index contributed by atoms with van der Waals surface area (Å²) in [4.78, 5) is 24.4. The summed E-state index contributed by atoms with van der Waals surface area (Å²) in [5, 5.41) is 18.3. The Balaban J connectivity index is 1.74. The van der Waals surface area contributed by atoms with Gasteiger partial charge in [-0.3, -0.25) is 9.89 Å². The van der Waals surface area contributed by atoms with Crippen molar-refractivity contribution in [1.82, 2.24) is 20.4 Å². The van der Waals surface area contributed by atoms with Crippen LogP contribution in [0.4, 0.5) is 4.79 Å². The summed E-state index contributed by atoms with van der Waals surface area (Å²) in [6, 6.07) is -0.0978. The van der Waals surface area contributed by atoms with E-state index in [1.165, 1.54) is 0 Å². The summed E-state index contributed by atoms with van der Waals surface area (Å²) in [6.45, 7) is 3.60. The number of aliphatic carboxylic acids is 1. The molecule has 7 heteroatoms. The molecule has 3 N–H and O–H groups in total. The zero-order chi connectivity index (χ0) is 14.5. The predicted octanol–water partition coefficient (Wildman–Crippen LogP) is 1.11. The van der Waals surface area contributed by atoms with Gasteiger partial charge in [-0.15, -0.1) is 0 Å². The first-order valence-corrected chi connectivity index (χ1v) is 6.79. The molecule has 2 heterocycles. The first-order chi connectivity index (χ1) is 9.56. The van der Waals surface area contributed by atoms with Gasteiger partial charge in [0.15, 0.2) is 0 Å². The number of amides is 2. The highest BCUT2D eigenvalue weighted by Gasteiger charge is 2.24. The fourth-order valence-electron chi connectivity index (χ4n) is 2.42. The van der Waals surface area contributed by atoms with Crippen LogP contribution >= 0.6 is 0 Å². The number of carbonyl (C=O) groups excluding carboxylic acids is 1. The van der Waals surface area contributed by atoms with Crippen molar-refractivity contribution in [2.75, 3.05) is 13.1 Å². The van der Waals surface area contributed by atoms with Gasteiger partial charge < -0.3 is 15.3 Å². The second-order valence-electron chi connectivity index (χ2n) is 5.21. The van der Waals surface area contributed by atoms with E-state index in [1.54, 1.807) is 11.1 Å². The summed E-state index contributed by atoms with van der Waals surface area (Å²) in [7, 11) is 0. The minimum Gasteiger partial charge on any atom is -0.481 e. The third-order valence-corrected chi connectivity index (χ3v) is 3.73. The van der Waals surface area contributed by atoms with E-state index in [4.69, 9.17) is 5.11 Å². The number of urea groups is 1. The number of aromatic nitrogens is 2. The fourth-order valence-corrected chi connectivity index (χ4v) is 2.42. The molecule has 0 aliphatic carbocycles. The van der Waals surface area contributed by atoms with Gasteiger partial charge in [-0.25, -0.2) is 4.79 Å². The number of aryl methyl sites for hydroxylation is 1. The molecular weight excluding hydrogens is 260 g/mol. The number of carboxylic acids is 1. The molecular formula is C13H20N4O3. The van der Waals surface area contributed by atoms with Crippen molar-refractivity contribution in [2.24, 2.45) is 5.92 Å². The molecule has 1 aliphatic rings. The number of hydrogen-bond acceptors (Lipinski definition) is 3. The lowest BCUT2D eigenvalue weighted by atomic mass is 9.94. The molecule has 110 valence electrons. The van der Waals surface area contributed by atoms with Crippen molar-refractivity contribution in [1.29, 1.82) is 0 Å². The molecule has 0 bridgehead atoms. The zero-order valence-electron chi connectivity index (χ0n) is 11.6. The smallest absolute Gasteiger partial charge is 0.317 e. The number of piperidine rings is 1. The molecule has 0 atom stereocenters. The van der Waals surface area contributed by atoms with Gasteiger partial charge in [-0.2, -0.15) is 5.10 Å². The lowest BCUT2D eigenvalue weighted by Crippen LogP contribution is -2.44. The van der Waals surface area contributed by atoms with Gasteiger partial charge in [0.05, 0.1) is 6.20 Å². The Morgan fingerprint density at radius 3 is 2.75 bits per heavy atom. The molecule has 20 heavy (non-hydrogen) atoms. The topological polar surface area (TPSA) is 98.3 Å². The van der Waals surface area contributed by atoms with Crippen molar-refractivity contribution in [3.05, 3.63) is 17.5 Å². The quantitative estimate of drug-likeness (QED) is 0.769. The molecule has 2 amide bonds. The van der Waals surface area contributed by atoms with Crippen molar-refractivity contribution >= 4 is 12.0 Å². The van der Waals surface area contributed by atoms with Crippen molar-refractivity contribution in [3.63, 3.8) is 0 Å². The molecule has 0 saturated carbocycles. The van der Waals surface area contributed by atoms with Gasteiger partial charge in [-0.05, 0) is 25.7 Å². The Bertz CT molecular complexity index is 478. The SMILES string of the molecule is Cc1[nH]ncc1CNC(=O)N1CCC(CC(=O)O)CC1. The van der Waals surface area contributed by atoms with Crippen molar-refractivity contribution in [2.45, 2.75) is 32.7 Å². The van der Waals surface area contributed by atoms with Crippen LogP contribution in [0.2, 0.25) is 0 Å². The second kappa shape index (κ2) is 6.40. The zero-order valence-corrected chi connectivity index (χ0v) is 11.6. The third-order valence-electron chi connectivity index (χ3n) is 3.73. The first-order valence-electron chi connectivity index (χ1n) is 6.79. The molecule has 0 radical (unpaired) electrons. The molecule has 7 nitrogen and oxygen atoms in total. The van der Waals surface area contributed by atoms with Crippen LogP contribution in [-0.4, -0.2) is 45.3 Å². The number of nitrogens with one attached hydrogen (secondary N) is 2. The lowest BCUT2D eigenvalue weighted by molar-refractivity contribution is -0.138. The van der Waals surface area contributed by atoms with Crippen LogP contribution in [-0.2, 0) is 11.3 Å². The number of H-pyrrole nitrogens is 1. The summed E-state index contributed by atoms with van der Waals surface area (Å²) in [6.07, 6.45) is 3.41. The summed E-state index contributed by atoms with van der Waals surface area (Å²) in [5.74, 6) is -0.573. The number of nitrogens with zero attached hydrogens (tertiary/aromatic N) is 2. The molecule has 1 aromatic rings. The maximum Gasteiger partial charge on any atom is 0.317 e. The first kappa shape index (κ1) is 14.4. The van der Waals surface area contributed by atoms with Gasteiger partial charge in [-0.1, -0.05) is 0 Å². The number of aromatic amines is 1. The molecule has 1 aliphatic heterocycles. The number of carboxylic acid groups (broad SMARTS) is 1. The number of hydrogen-bond donors (Lipinski definition) is 3. The van der Waals surface area contributed by atoms with Gasteiger partial charge in [0.1, 0.15) is 0 Å². The second-order valence-corrected chi connectivity index (χ2v) is 5.21. The minimum absolute atomic E-state index is 0.0978. The Morgan fingerprint density at radius 1 is 1.50 bits per heavy atom. The third kappa shape index (κ3) is 3.72. The maximum atomic E-state index is 12.0. The number of likely N-dealkylation sites (tertiary alicyclic amines) is 1. The van der Waals surface area contributed by atoms with E-state index in [9.17, 15) is 9.59 Å². The molecule has 0 aromatic carbocycles. The van der Waals surface area contributed by atoms with Crippen molar-refractivity contribution < 1.29 is 14.7 Å². The van der Waals surface area contributed by atoms with Crippen LogP contribution in [0.5, 0.6) is 0 Å². The maximum absolute atomic E-state index is 12.0. The Labute approximate surface area is 117 Å². The fraction of sp³-hybridized carbons (Fsp3) is 0.615. The molecule has 0 unspecified atom stereocenters. The van der Waals surface area contributed by atoms with Gasteiger partial charge in [0.25, 0.3) is 0 Å². The van der Waals surface area contributed by atoms with Crippen molar-refractivity contribution in [3.8, 4) is 0 Å². The highest BCUT2D eigenvalue weighted by atomic mass is 16.4. The van der Waals surface area contributed by atoms with E-state index in [2.05, 4.69) is 15.5 Å². The van der Waals surface area contributed by atoms with Crippen LogP contribution in [0.15, 0.2) is 6.20 Å². The van der Waals surface area contributed by atoms with Crippen LogP contribution in [0.1, 0.15) is 30.5 Å². The largest absolute Gasteiger partial charge is 0.481 e. The minimum atomic E-state index is -0.761. The van der Waals surface area contributed by atoms with Crippen LogP contribution in [0.3, 0.4) is 0 Å². The van der Waals surface area contributed by atoms with Gasteiger partial charge in [0, 0.05) is 37.3 Å². The highest BCUT2D eigenvalue weighted by Crippen LogP contribution is 2.20. The Hall–Kier alpha value is -2.05. The summed E-state index contributed by atoms with van der Waals surface area (Å²) < 4.78 is 0. The van der Waals surface area contributed by atoms with E-state index in [1.807, 2.05) is 6.92 Å². The molecule has 1 fully saturated rings. The average Bonchev–Trinajstić information content (AvgIpc) is 2.82. The van der Waals surface area contributed by atoms with E-state index >= 15 is 0 Å². The molecule has 1 saturated heterocycles. The monoisotopic (exact) mass is 280 g/mol. The summed E-state index contributed by atoms with van der Waals surface area (Å²) >= 11 is 0. The molecule has 2 rings (SSSR count).